The van der Waals surface area contributed by atoms with E-state index in [-0.39, 0.29) is 18.0 Å². The van der Waals surface area contributed by atoms with E-state index in [4.69, 9.17) is 4.52 Å². The first-order valence-electron chi connectivity index (χ1n) is 8.02. The minimum Gasteiger partial charge on any atom is -0.337 e. The van der Waals surface area contributed by atoms with E-state index in [1.165, 1.54) is 22.9 Å². The van der Waals surface area contributed by atoms with Gasteiger partial charge in [0.25, 0.3) is 5.56 Å². The first kappa shape index (κ1) is 17.3. The summed E-state index contributed by atoms with van der Waals surface area (Å²) >= 11 is 3.37. The van der Waals surface area contributed by atoms with Gasteiger partial charge in [-0.05, 0) is 42.5 Å². The van der Waals surface area contributed by atoms with Crippen LogP contribution in [-0.4, -0.2) is 19.9 Å². The van der Waals surface area contributed by atoms with Crippen LogP contribution in [-0.2, 0) is 6.54 Å². The van der Waals surface area contributed by atoms with E-state index < -0.39 is 5.82 Å². The lowest BCUT2D eigenvalue weighted by molar-refractivity contribution is 0.363. The van der Waals surface area contributed by atoms with E-state index in [1.54, 1.807) is 18.2 Å². The van der Waals surface area contributed by atoms with Crippen LogP contribution < -0.4 is 5.56 Å². The van der Waals surface area contributed by atoms with Crippen LogP contribution in [0.15, 0.2) is 74.5 Å². The highest BCUT2D eigenvalue weighted by Gasteiger charge is 2.12. The predicted molar refractivity (Wildman–Crippen MR) is 100 cm³/mol. The van der Waals surface area contributed by atoms with Crippen molar-refractivity contribution < 1.29 is 8.91 Å². The molecule has 4 aromatic rings. The summed E-state index contributed by atoms with van der Waals surface area (Å²) in [5.74, 6) is 0.231. The summed E-state index contributed by atoms with van der Waals surface area (Å²) in [6.45, 7) is -0.00927. The molecule has 0 N–H and O–H groups in total. The van der Waals surface area contributed by atoms with E-state index in [0.717, 1.165) is 10.0 Å². The van der Waals surface area contributed by atoms with Gasteiger partial charge in [0.15, 0.2) is 0 Å². The molecule has 0 amide bonds. The monoisotopic (exact) mass is 426 g/mol. The molecule has 6 nitrogen and oxygen atoms in total. The quantitative estimate of drug-likeness (QED) is 0.494. The number of hydrogen-bond donors (Lipinski definition) is 0. The van der Waals surface area contributed by atoms with Crippen LogP contribution in [0.25, 0.3) is 22.6 Å². The van der Waals surface area contributed by atoms with Gasteiger partial charge < -0.3 is 4.52 Å². The minimum absolute atomic E-state index is 0.00927. The van der Waals surface area contributed by atoms with Crippen molar-refractivity contribution in [3.63, 3.8) is 0 Å². The normalized spacial score (nSPS) is 10.9. The maximum atomic E-state index is 14.0. The van der Waals surface area contributed by atoms with Gasteiger partial charge >= 0.3 is 0 Å². The Kier molecular flexibility index (Phi) is 4.64. The first-order valence-corrected chi connectivity index (χ1v) is 8.81. The van der Waals surface area contributed by atoms with E-state index >= 15 is 0 Å². The number of halogens is 2. The predicted octanol–water partition coefficient (Wildman–Crippen LogP) is 3.91. The van der Waals surface area contributed by atoms with Crippen molar-refractivity contribution in [2.24, 2.45) is 0 Å². The second-order valence-electron chi connectivity index (χ2n) is 5.71. The summed E-state index contributed by atoms with van der Waals surface area (Å²) in [5.41, 5.74) is 1.10. The molecule has 2 aromatic heterocycles. The highest BCUT2D eigenvalue weighted by atomic mass is 79.9. The van der Waals surface area contributed by atoms with Gasteiger partial charge in [0, 0.05) is 21.7 Å². The summed E-state index contributed by atoms with van der Waals surface area (Å²) in [5, 5.41) is 8.15. The van der Waals surface area contributed by atoms with Crippen molar-refractivity contribution in [3.8, 4) is 22.6 Å². The second kappa shape index (κ2) is 7.24. The molecule has 2 heterocycles. The molecule has 0 radical (unpaired) electrons. The molecular formula is C19H12BrFN4O2. The van der Waals surface area contributed by atoms with E-state index in [1.807, 2.05) is 24.3 Å². The molecule has 0 spiro atoms. The summed E-state index contributed by atoms with van der Waals surface area (Å²) in [7, 11) is 0. The standard InChI is InChI=1S/C19H12BrFN4O2/c20-13-7-5-12(6-8-13)19-22-17(27-24-19)11-25-18(26)10-9-16(23-25)14-3-1-2-4-15(14)21/h1-10H,11H2. The Labute approximate surface area is 161 Å². The van der Waals surface area contributed by atoms with Gasteiger partial charge in [-0.1, -0.05) is 33.2 Å². The van der Waals surface area contributed by atoms with Gasteiger partial charge in [0.2, 0.25) is 11.7 Å². The summed E-state index contributed by atoms with van der Waals surface area (Å²) in [6.07, 6.45) is 0. The zero-order chi connectivity index (χ0) is 18.8. The Morgan fingerprint density at radius 3 is 2.59 bits per heavy atom. The SMILES string of the molecule is O=c1ccc(-c2ccccc2F)nn1Cc1nc(-c2ccc(Br)cc2)no1. The first-order chi connectivity index (χ1) is 13.1. The maximum Gasteiger partial charge on any atom is 0.267 e. The fourth-order valence-corrected chi connectivity index (χ4v) is 2.80. The molecule has 134 valence electrons. The number of rotatable bonds is 4. The molecule has 0 bridgehead atoms. The molecule has 0 aliphatic rings. The van der Waals surface area contributed by atoms with Crippen LogP contribution in [0.5, 0.6) is 0 Å². The lowest BCUT2D eigenvalue weighted by Crippen LogP contribution is -2.23. The van der Waals surface area contributed by atoms with Crippen molar-refractivity contribution in [3.05, 3.63) is 87.2 Å². The zero-order valence-corrected chi connectivity index (χ0v) is 15.4. The van der Waals surface area contributed by atoms with E-state index in [9.17, 15) is 9.18 Å². The third-order valence-corrected chi connectivity index (χ3v) is 4.40. The Morgan fingerprint density at radius 2 is 1.81 bits per heavy atom. The van der Waals surface area contributed by atoms with Gasteiger partial charge in [-0.2, -0.15) is 10.1 Å². The van der Waals surface area contributed by atoms with Crippen molar-refractivity contribution in [1.82, 2.24) is 19.9 Å². The van der Waals surface area contributed by atoms with Gasteiger partial charge in [0.1, 0.15) is 12.4 Å². The Balaban J connectivity index is 1.63. The minimum atomic E-state index is -0.412. The zero-order valence-electron chi connectivity index (χ0n) is 13.8. The molecule has 0 unspecified atom stereocenters. The van der Waals surface area contributed by atoms with E-state index in [0.29, 0.717) is 17.1 Å². The molecule has 0 aliphatic heterocycles. The summed E-state index contributed by atoms with van der Waals surface area (Å²) in [6, 6.07) is 16.5. The molecule has 27 heavy (non-hydrogen) atoms. The smallest absolute Gasteiger partial charge is 0.267 e. The van der Waals surface area contributed by atoms with Crippen molar-refractivity contribution in [2.75, 3.05) is 0 Å². The summed E-state index contributed by atoms with van der Waals surface area (Å²) in [4.78, 5) is 16.4. The second-order valence-corrected chi connectivity index (χ2v) is 6.63. The average Bonchev–Trinajstić information content (AvgIpc) is 3.13. The molecule has 0 fully saturated rings. The van der Waals surface area contributed by atoms with Crippen LogP contribution >= 0.6 is 15.9 Å². The molecule has 4 rings (SSSR count). The van der Waals surface area contributed by atoms with Crippen molar-refractivity contribution >= 4 is 15.9 Å². The van der Waals surface area contributed by atoms with Gasteiger partial charge in [-0.15, -0.1) is 0 Å². The Hall–Kier alpha value is -3.13. The molecule has 0 saturated heterocycles. The third-order valence-electron chi connectivity index (χ3n) is 3.87. The third kappa shape index (κ3) is 3.70. The van der Waals surface area contributed by atoms with E-state index in [2.05, 4.69) is 31.2 Å². The van der Waals surface area contributed by atoms with Crippen LogP contribution in [0.4, 0.5) is 4.39 Å². The highest BCUT2D eigenvalue weighted by molar-refractivity contribution is 9.10. The molecule has 0 aliphatic carbocycles. The van der Waals surface area contributed by atoms with Crippen molar-refractivity contribution in [1.29, 1.82) is 0 Å². The Bertz CT molecular complexity index is 1150. The Morgan fingerprint density at radius 1 is 1.04 bits per heavy atom. The average molecular weight is 427 g/mol. The lowest BCUT2D eigenvalue weighted by Gasteiger charge is -2.05. The number of nitrogens with zero attached hydrogens (tertiary/aromatic N) is 4. The van der Waals surface area contributed by atoms with Crippen LogP contribution in [0.1, 0.15) is 5.89 Å². The fourth-order valence-electron chi connectivity index (χ4n) is 2.54. The largest absolute Gasteiger partial charge is 0.337 e. The summed E-state index contributed by atoms with van der Waals surface area (Å²) < 4.78 is 21.3. The lowest BCUT2D eigenvalue weighted by atomic mass is 10.1. The molecule has 8 heteroatoms. The van der Waals surface area contributed by atoms with Crippen LogP contribution in [0, 0.1) is 5.82 Å². The molecule has 0 atom stereocenters. The molecule has 0 saturated carbocycles. The van der Waals surface area contributed by atoms with Gasteiger partial charge in [-0.25, -0.2) is 9.07 Å². The highest BCUT2D eigenvalue weighted by Crippen LogP contribution is 2.20. The molecule has 2 aromatic carbocycles. The van der Waals surface area contributed by atoms with Crippen LogP contribution in [0.2, 0.25) is 0 Å². The topological polar surface area (TPSA) is 73.8 Å². The van der Waals surface area contributed by atoms with Crippen LogP contribution in [0.3, 0.4) is 0 Å². The molecular weight excluding hydrogens is 415 g/mol. The maximum absolute atomic E-state index is 14.0. The number of aromatic nitrogens is 4. The van der Waals surface area contributed by atoms with Crippen molar-refractivity contribution in [2.45, 2.75) is 6.54 Å². The van der Waals surface area contributed by atoms with Gasteiger partial charge in [-0.3, -0.25) is 4.79 Å². The number of hydrogen-bond acceptors (Lipinski definition) is 5. The van der Waals surface area contributed by atoms with Gasteiger partial charge in [0.05, 0.1) is 5.69 Å². The fraction of sp³-hybridized carbons (Fsp3) is 0.0526. The number of benzene rings is 2.